The molecule has 0 fully saturated rings. The van der Waals surface area contributed by atoms with Crippen LogP contribution in [0.2, 0.25) is 0 Å². The maximum absolute atomic E-state index is 12.0. The lowest BCUT2D eigenvalue weighted by atomic mass is 10.1. The van der Waals surface area contributed by atoms with E-state index in [9.17, 15) is 4.79 Å². The number of fused-ring (bicyclic) bond motifs is 1. The van der Waals surface area contributed by atoms with Gasteiger partial charge in [0, 0.05) is 11.1 Å². The van der Waals surface area contributed by atoms with Gasteiger partial charge in [-0.2, -0.15) is 5.10 Å². The van der Waals surface area contributed by atoms with Crippen molar-refractivity contribution in [3.63, 3.8) is 0 Å². The highest BCUT2D eigenvalue weighted by Crippen LogP contribution is 2.22. The molecule has 2 N–H and O–H groups in total. The van der Waals surface area contributed by atoms with Gasteiger partial charge in [0.2, 0.25) is 0 Å². The Kier molecular flexibility index (Phi) is 5.78. The summed E-state index contributed by atoms with van der Waals surface area (Å²) in [5, 5.41) is 9.50. The molecule has 4 heteroatoms. The molecule has 3 aromatic rings. The van der Waals surface area contributed by atoms with Gasteiger partial charge < -0.3 is 5.32 Å². The number of rotatable bonds is 6. The minimum atomic E-state index is -0.189. The van der Waals surface area contributed by atoms with Gasteiger partial charge in [-0.25, -0.2) is 5.43 Å². The quantitative estimate of drug-likeness (QED) is 0.513. The first-order chi connectivity index (χ1) is 12.7. The van der Waals surface area contributed by atoms with Gasteiger partial charge in [-0.3, -0.25) is 4.79 Å². The van der Waals surface area contributed by atoms with Crippen LogP contribution in [0.25, 0.3) is 16.8 Å². The maximum Gasteiger partial charge on any atom is 0.259 e. The van der Waals surface area contributed by atoms with E-state index < -0.39 is 0 Å². The standard InChI is InChI=1S/C22H21N3O/c1-17(14-15-18-8-3-2-4-9-18)24-25-22(26)16-23-21-13-7-11-19-10-5-6-12-20(19)21/h2-15,23H,16H2,1H3,(H,25,26)/b15-14+,24-17+. The van der Waals surface area contributed by atoms with Crippen LogP contribution in [-0.2, 0) is 4.79 Å². The van der Waals surface area contributed by atoms with E-state index >= 15 is 0 Å². The van der Waals surface area contributed by atoms with Crippen molar-refractivity contribution in [2.24, 2.45) is 5.10 Å². The molecule has 0 aliphatic rings. The first kappa shape index (κ1) is 17.4. The number of nitrogens with one attached hydrogen (secondary N) is 2. The van der Waals surface area contributed by atoms with Crippen LogP contribution >= 0.6 is 0 Å². The van der Waals surface area contributed by atoms with E-state index in [1.807, 2.05) is 91.9 Å². The molecule has 0 heterocycles. The second-order valence-electron chi connectivity index (χ2n) is 5.91. The zero-order chi connectivity index (χ0) is 18.2. The second-order valence-corrected chi connectivity index (χ2v) is 5.91. The largest absolute Gasteiger partial charge is 0.376 e. The number of allylic oxidation sites excluding steroid dienone is 1. The monoisotopic (exact) mass is 343 g/mol. The summed E-state index contributed by atoms with van der Waals surface area (Å²) < 4.78 is 0. The number of benzene rings is 3. The average Bonchev–Trinajstić information content (AvgIpc) is 2.70. The van der Waals surface area contributed by atoms with Crippen LogP contribution in [-0.4, -0.2) is 18.2 Å². The van der Waals surface area contributed by atoms with Gasteiger partial charge >= 0.3 is 0 Å². The van der Waals surface area contributed by atoms with Crippen molar-refractivity contribution < 1.29 is 4.79 Å². The third-order valence-electron chi connectivity index (χ3n) is 3.90. The number of carbonyl (C=O) groups is 1. The minimum Gasteiger partial charge on any atom is -0.376 e. The van der Waals surface area contributed by atoms with Crippen LogP contribution in [0.1, 0.15) is 12.5 Å². The summed E-state index contributed by atoms with van der Waals surface area (Å²) in [5.41, 5.74) is 5.32. The number of anilines is 1. The number of carbonyl (C=O) groups excluding carboxylic acids is 1. The summed E-state index contributed by atoms with van der Waals surface area (Å²) in [6.07, 6.45) is 3.83. The average molecular weight is 343 g/mol. The zero-order valence-electron chi connectivity index (χ0n) is 14.6. The van der Waals surface area contributed by atoms with Crippen molar-refractivity contribution in [2.45, 2.75) is 6.92 Å². The highest BCUT2D eigenvalue weighted by molar-refractivity contribution is 5.97. The molecule has 0 bridgehead atoms. The number of amides is 1. The van der Waals surface area contributed by atoms with Gasteiger partial charge in [0.1, 0.15) is 0 Å². The Morgan fingerprint density at radius 2 is 1.69 bits per heavy atom. The molecule has 26 heavy (non-hydrogen) atoms. The highest BCUT2D eigenvalue weighted by atomic mass is 16.2. The minimum absolute atomic E-state index is 0.160. The number of hydrazone groups is 1. The van der Waals surface area contributed by atoms with Crippen LogP contribution in [0.3, 0.4) is 0 Å². The van der Waals surface area contributed by atoms with Crippen molar-refractivity contribution in [1.82, 2.24) is 5.43 Å². The molecular weight excluding hydrogens is 322 g/mol. The van der Waals surface area contributed by atoms with E-state index in [0.29, 0.717) is 0 Å². The number of hydrogen-bond donors (Lipinski definition) is 2. The molecule has 0 aromatic heterocycles. The normalized spacial score (nSPS) is 11.7. The van der Waals surface area contributed by atoms with Gasteiger partial charge in [-0.05, 0) is 30.0 Å². The molecule has 3 rings (SSSR count). The molecule has 0 unspecified atom stereocenters. The fourth-order valence-electron chi connectivity index (χ4n) is 2.56. The molecule has 0 aliphatic heterocycles. The van der Waals surface area contributed by atoms with E-state index in [0.717, 1.165) is 27.7 Å². The molecule has 0 radical (unpaired) electrons. The fraction of sp³-hybridized carbons (Fsp3) is 0.0909. The maximum atomic E-state index is 12.0. The Morgan fingerprint density at radius 3 is 2.54 bits per heavy atom. The van der Waals surface area contributed by atoms with Gasteiger partial charge in [-0.1, -0.05) is 72.8 Å². The van der Waals surface area contributed by atoms with E-state index in [1.54, 1.807) is 0 Å². The molecule has 1 amide bonds. The Bertz CT molecular complexity index is 941. The van der Waals surface area contributed by atoms with E-state index in [-0.39, 0.29) is 12.5 Å². The molecule has 0 spiro atoms. The predicted octanol–water partition coefficient (Wildman–Crippen LogP) is 4.46. The van der Waals surface area contributed by atoms with Crippen molar-refractivity contribution in [3.8, 4) is 0 Å². The van der Waals surface area contributed by atoms with Crippen LogP contribution in [0.15, 0.2) is 84.0 Å². The van der Waals surface area contributed by atoms with Crippen molar-refractivity contribution in [3.05, 3.63) is 84.4 Å². The smallest absolute Gasteiger partial charge is 0.259 e. The first-order valence-electron chi connectivity index (χ1n) is 8.50. The molecular formula is C22H21N3O. The van der Waals surface area contributed by atoms with Crippen molar-refractivity contribution >= 4 is 34.2 Å². The van der Waals surface area contributed by atoms with Crippen LogP contribution < -0.4 is 10.7 Å². The van der Waals surface area contributed by atoms with E-state index in [1.165, 1.54) is 0 Å². The predicted molar refractivity (Wildman–Crippen MR) is 109 cm³/mol. The van der Waals surface area contributed by atoms with Gasteiger partial charge in [0.05, 0.1) is 12.3 Å². The van der Waals surface area contributed by atoms with E-state index in [4.69, 9.17) is 0 Å². The summed E-state index contributed by atoms with van der Waals surface area (Å²) in [5.74, 6) is -0.189. The summed E-state index contributed by atoms with van der Waals surface area (Å²) in [4.78, 5) is 12.0. The van der Waals surface area contributed by atoms with Gasteiger partial charge in [-0.15, -0.1) is 0 Å². The van der Waals surface area contributed by atoms with Crippen LogP contribution in [0.4, 0.5) is 5.69 Å². The number of nitrogens with zero attached hydrogens (tertiary/aromatic N) is 1. The molecule has 0 atom stereocenters. The van der Waals surface area contributed by atoms with E-state index in [2.05, 4.69) is 15.8 Å². The summed E-state index contributed by atoms with van der Waals surface area (Å²) in [6.45, 7) is 2.00. The molecule has 4 nitrogen and oxygen atoms in total. The molecule has 3 aromatic carbocycles. The van der Waals surface area contributed by atoms with Crippen molar-refractivity contribution in [1.29, 1.82) is 0 Å². The lowest BCUT2D eigenvalue weighted by Gasteiger charge is -2.09. The second kappa shape index (κ2) is 8.62. The van der Waals surface area contributed by atoms with Gasteiger partial charge in [0.15, 0.2) is 0 Å². The lowest BCUT2D eigenvalue weighted by Crippen LogP contribution is -2.26. The van der Waals surface area contributed by atoms with Crippen LogP contribution in [0, 0.1) is 0 Å². The topological polar surface area (TPSA) is 53.5 Å². The first-order valence-corrected chi connectivity index (χ1v) is 8.50. The summed E-state index contributed by atoms with van der Waals surface area (Å²) in [7, 11) is 0. The van der Waals surface area contributed by atoms with Crippen molar-refractivity contribution in [2.75, 3.05) is 11.9 Å². The van der Waals surface area contributed by atoms with Gasteiger partial charge in [0.25, 0.3) is 5.91 Å². The number of hydrogen-bond acceptors (Lipinski definition) is 3. The molecule has 0 saturated carbocycles. The van der Waals surface area contributed by atoms with Crippen LogP contribution in [0.5, 0.6) is 0 Å². The Hall–Kier alpha value is -3.40. The SMILES string of the molecule is CC(/C=C/c1ccccc1)=N\NC(=O)CNc1cccc2ccccc12. The third kappa shape index (κ3) is 4.80. The molecule has 0 aliphatic carbocycles. The third-order valence-corrected chi connectivity index (χ3v) is 3.90. The summed E-state index contributed by atoms with van der Waals surface area (Å²) >= 11 is 0. The fourth-order valence-corrected chi connectivity index (χ4v) is 2.56. The Labute approximate surface area is 153 Å². The Morgan fingerprint density at radius 1 is 0.962 bits per heavy atom. The Balaban J connectivity index is 1.54. The lowest BCUT2D eigenvalue weighted by molar-refractivity contribution is -0.119. The zero-order valence-corrected chi connectivity index (χ0v) is 14.6. The highest BCUT2D eigenvalue weighted by Gasteiger charge is 2.03. The summed E-state index contributed by atoms with van der Waals surface area (Å²) in [6, 6.07) is 24.0. The molecule has 0 saturated heterocycles. The molecule has 130 valence electrons.